The molecule has 1 unspecified atom stereocenters. The van der Waals surface area contributed by atoms with Crippen LogP contribution in [0.1, 0.15) is 28.5 Å². The highest BCUT2D eigenvalue weighted by molar-refractivity contribution is 7.99. The smallest absolute Gasteiger partial charge is 0.272 e. The van der Waals surface area contributed by atoms with Gasteiger partial charge in [-0.2, -0.15) is 10.1 Å². The quantitative estimate of drug-likeness (QED) is 0.421. The number of thiophene rings is 1. The lowest BCUT2D eigenvalue weighted by Crippen LogP contribution is -2.29. The van der Waals surface area contributed by atoms with Crippen LogP contribution >= 0.6 is 23.1 Å². The SMILES string of the molecule is Cc1ccc(C2CC(c3cccs3)=NN2C(=O)CSc2nc(=O)n3ccccc3n2)cc1. The van der Waals surface area contributed by atoms with Gasteiger partial charge in [0.15, 0.2) is 5.16 Å². The van der Waals surface area contributed by atoms with Gasteiger partial charge in [0, 0.05) is 12.6 Å². The molecule has 0 aliphatic carbocycles. The van der Waals surface area contributed by atoms with Gasteiger partial charge in [-0.3, -0.25) is 9.20 Å². The molecule has 160 valence electrons. The van der Waals surface area contributed by atoms with Crippen molar-refractivity contribution in [3.8, 4) is 0 Å². The molecule has 7 nitrogen and oxygen atoms in total. The Morgan fingerprint density at radius 3 is 2.75 bits per heavy atom. The molecule has 32 heavy (non-hydrogen) atoms. The molecule has 0 saturated heterocycles. The molecule has 5 rings (SSSR count). The molecule has 0 fully saturated rings. The maximum Gasteiger partial charge on any atom is 0.355 e. The van der Waals surface area contributed by atoms with E-state index >= 15 is 0 Å². The lowest BCUT2D eigenvalue weighted by Gasteiger charge is -2.22. The minimum atomic E-state index is -0.415. The van der Waals surface area contributed by atoms with E-state index in [-0.39, 0.29) is 22.9 Å². The molecule has 1 amide bonds. The third-order valence-electron chi connectivity index (χ3n) is 5.20. The Labute approximate surface area is 192 Å². The summed E-state index contributed by atoms with van der Waals surface area (Å²) in [7, 11) is 0. The van der Waals surface area contributed by atoms with Crippen molar-refractivity contribution < 1.29 is 4.79 Å². The first-order chi connectivity index (χ1) is 15.6. The van der Waals surface area contributed by atoms with Crippen molar-refractivity contribution in [2.24, 2.45) is 5.10 Å². The number of rotatable bonds is 5. The summed E-state index contributed by atoms with van der Waals surface area (Å²) in [5.74, 6) is -0.0598. The number of hydrazone groups is 1. The second kappa shape index (κ2) is 8.68. The number of carbonyl (C=O) groups excluding carboxylic acids is 1. The van der Waals surface area contributed by atoms with Gasteiger partial charge in [0.2, 0.25) is 0 Å². The maximum absolute atomic E-state index is 13.2. The van der Waals surface area contributed by atoms with Gasteiger partial charge in [0.25, 0.3) is 5.91 Å². The zero-order valence-corrected chi connectivity index (χ0v) is 18.8. The average Bonchev–Trinajstić information content (AvgIpc) is 3.48. The number of aryl methyl sites for hydroxylation is 1. The second-order valence-corrected chi connectivity index (χ2v) is 9.29. The molecular weight excluding hydrogens is 442 g/mol. The van der Waals surface area contributed by atoms with E-state index in [0.29, 0.717) is 12.1 Å². The first-order valence-corrected chi connectivity index (χ1v) is 11.9. The maximum atomic E-state index is 13.2. The molecule has 0 saturated carbocycles. The zero-order valence-electron chi connectivity index (χ0n) is 17.2. The van der Waals surface area contributed by atoms with Gasteiger partial charge in [-0.1, -0.05) is 53.7 Å². The number of fused-ring (bicyclic) bond motifs is 1. The zero-order chi connectivity index (χ0) is 22.1. The monoisotopic (exact) mass is 461 g/mol. The van der Waals surface area contributed by atoms with Crippen LogP contribution in [-0.4, -0.2) is 36.7 Å². The molecule has 1 aliphatic heterocycles. The van der Waals surface area contributed by atoms with Crippen molar-refractivity contribution in [2.75, 3.05) is 5.75 Å². The van der Waals surface area contributed by atoms with E-state index in [1.165, 1.54) is 9.96 Å². The summed E-state index contributed by atoms with van der Waals surface area (Å²) in [6, 6.07) is 17.3. The summed E-state index contributed by atoms with van der Waals surface area (Å²) in [5, 5.41) is 8.54. The highest BCUT2D eigenvalue weighted by Crippen LogP contribution is 2.34. The molecule has 0 bridgehead atoms. The predicted octanol–water partition coefficient (Wildman–Crippen LogP) is 3.93. The van der Waals surface area contributed by atoms with E-state index in [9.17, 15) is 9.59 Å². The van der Waals surface area contributed by atoms with Crippen molar-refractivity contribution in [1.29, 1.82) is 0 Å². The minimum Gasteiger partial charge on any atom is -0.272 e. The van der Waals surface area contributed by atoms with Crippen molar-refractivity contribution in [1.82, 2.24) is 19.4 Å². The van der Waals surface area contributed by atoms with Gasteiger partial charge >= 0.3 is 5.69 Å². The largest absolute Gasteiger partial charge is 0.355 e. The molecule has 0 N–H and O–H groups in total. The van der Waals surface area contributed by atoms with Gasteiger partial charge in [0.05, 0.1) is 22.4 Å². The van der Waals surface area contributed by atoms with Crippen molar-refractivity contribution >= 4 is 40.4 Å². The second-order valence-electron chi connectivity index (χ2n) is 7.40. The highest BCUT2D eigenvalue weighted by Gasteiger charge is 2.33. The van der Waals surface area contributed by atoms with Crippen LogP contribution in [0.2, 0.25) is 0 Å². The molecule has 1 atom stereocenters. The van der Waals surface area contributed by atoms with Crippen LogP contribution < -0.4 is 5.69 Å². The van der Waals surface area contributed by atoms with E-state index in [4.69, 9.17) is 0 Å². The Balaban J connectivity index is 1.39. The Hall–Kier alpha value is -3.30. The van der Waals surface area contributed by atoms with Gasteiger partial charge < -0.3 is 0 Å². The third-order valence-corrected chi connectivity index (χ3v) is 6.96. The van der Waals surface area contributed by atoms with E-state index in [2.05, 4.69) is 15.1 Å². The standard InChI is InChI=1S/C23H19N5O2S2/c1-15-7-9-16(10-8-15)18-13-17(19-5-4-12-31-19)26-28(18)21(29)14-32-22-24-20-6-2-3-11-27(20)23(30)25-22/h2-12,18H,13-14H2,1H3. The Morgan fingerprint density at radius 1 is 1.12 bits per heavy atom. The van der Waals surface area contributed by atoms with Crippen molar-refractivity contribution in [2.45, 2.75) is 24.5 Å². The summed E-state index contributed by atoms with van der Waals surface area (Å²) in [4.78, 5) is 34.9. The fourth-order valence-corrected chi connectivity index (χ4v) is 4.99. The summed E-state index contributed by atoms with van der Waals surface area (Å²) in [6.45, 7) is 2.04. The van der Waals surface area contributed by atoms with Crippen LogP contribution in [0.5, 0.6) is 0 Å². The van der Waals surface area contributed by atoms with E-state index in [1.807, 2.05) is 48.7 Å². The number of hydrogen-bond acceptors (Lipinski definition) is 7. The lowest BCUT2D eigenvalue weighted by atomic mass is 10.00. The average molecular weight is 462 g/mol. The van der Waals surface area contributed by atoms with Gasteiger partial charge in [-0.25, -0.2) is 14.8 Å². The first-order valence-electron chi connectivity index (χ1n) is 10.1. The van der Waals surface area contributed by atoms with Crippen LogP contribution in [-0.2, 0) is 4.79 Å². The Morgan fingerprint density at radius 2 is 1.97 bits per heavy atom. The molecule has 4 aromatic rings. The number of hydrogen-bond donors (Lipinski definition) is 0. The number of amides is 1. The van der Waals surface area contributed by atoms with Gasteiger partial charge in [-0.15, -0.1) is 11.3 Å². The molecule has 1 aliphatic rings. The topological polar surface area (TPSA) is 79.9 Å². The third kappa shape index (κ3) is 4.09. The van der Waals surface area contributed by atoms with Crippen LogP contribution in [0, 0.1) is 6.92 Å². The summed E-state index contributed by atoms with van der Waals surface area (Å²) in [5.41, 5.74) is 3.20. The van der Waals surface area contributed by atoms with Crippen LogP contribution in [0.15, 0.2) is 81.2 Å². The molecule has 0 spiro atoms. The van der Waals surface area contributed by atoms with Crippen molar-refractivity contribution in [3.05, 3.63) is 92.7 Å². The molecule has 4 heterocycles. The van der Waals surface area contributed by atoms with Crippen molar-refractivity contribution in [3.63, 3.8) is 0 Å². The Kier molecular flexibility index (Phi) is 5.59. The van der Waals surface area contributed by atoms with E-state index in [1.54, 1.807) is 40.7 Å². The highest BCUT2D eigenvalue weighted by atomic mass is 32.2. The summed E-state index contributed by atoms with van der Waals surface area (Å²) >= 11 is 2.76. The number of pyridine rings is 1. The summed E-state index contributed by atoms with van der Waals surface area (Å²) in [6.07, 6.45) is 2.28. The number of thioether (sulfide) groups is 1. The van der Waals surface area contributed by atoms with Gasteiger partial charge in [0.1, 0.15) is 5.65 Å². The number of carbonyl (C=O) groups is 1. The number of aromatic nitrogens is 3. The van der Waals surface area contributed by atoms with Crippen LogP contribution in [0.4, 0.5) is 0 Å². The van der Waals surface area contributed by atoms with Crippen LogP contribution in [0.25, 0.3) is 5.65 Å². The molecular formula is C23H19N5O2S2. The molecule has 1 aromatic carbocycles. The fraction of sp³-hybridized carbons (Fsp3) is 0.174. The summed E-state index contributed by atoms with van der Waals surface area (Å²) < 4.78 is 1.37. The van der Waals surface area contributed by atoms with E-state index in [0.717, 1.165) is 27.9 Å². The molecule has 3 aromatic heterocycles. The minimum absolute atomic E-state index is 0.0893. The van der Waals surface area contributed by atoms with E-state index < -0.39 is 5.69 Å². The molecule has 9 heteroatoms. The normalized spacial score (nSPS) is 15.8. The fourth-order valence-electron chi connectivity index (χ4n) is 3.58. The molecule has 0 radical (unpaired) electrons. The number of benzene rings is 1. The van der Waals surface area contributed by atoms with Crippen LogP contribution in [0.3, 0.4) is 0 Å². The first kappa shape index (κ1) is 20.6. The Bertz CT molecular complexity index is 1360. The van der Waals surface area contributed by atoms with Gasteiger partial charge in [-0.05, 0) is 36.1 Å². The lowest BCUT2D eigenvalue weighted by molar-refractivity contribution is -0.130. The number of nitrogens with zero attached hydrogens (tertiary/aromatic N) is 5. The predicted molar refractivity (Wildman–Crippen MR) is 126 cm³/mol.